The average molecular weight is 221 g/mol. The monoisotopic (exact) mass is 221 g/mol. The minimum absolute atomic E-state index is 0.0157. The Kier molecular flexibility index (Phi) is 2.63. The Labute approximate surface area is 91.1 Å². The second-order valence-corrected chi connectivity index (χ2v) is 3.35. The Bertz CT molecular complexity index is 487. The quantitative estimate of drug-likeness (QED) is 0.716. The second kappa shape index (κ2) is 4.09. The molecule has 0 aliphatic carbocycles. The van der Waals surface area contributed by atoms with Crippen molar-refractivity contribution in [3.63, 3.8) is 0 Å². The highest BCUT2D eigenvalue weighted by Crippen LogP contribution is 2.15. The molecule has 0 saturated carbocycles. The van der Waals surface area contributed by atoms with Crippen LogP contribution in [-0.2, 0) is 12.8 Å². The van der Waals surface area contributed by atoms with Gasteiger partial charge in [-0.3, -0.25) is 5.10 Å². The molecule has 0 atom stereocenters. The summed E-state index contributed by atoms with van der Waals surface area (Å²) in [7, 11) is 0. The summed E-state index contributed by atoms with van der Waals surface area (Å²) < 4.78 is 5.15. The number of anilines is 1. The van der Waals surface area contributed by atoms with E-state index in [4.69, 9.17) is 15.3 Å². The molecule has 0 bridgehead atoms. The maximum atomic E-state index is 10.9. The molecule has 0 aromatic carbocycles. The van der Waals surface area contributed by atoms with Crippen LogP contribution in [0, 0.1) is 0 Å². The number of hydrogen-bond donors (Lipinski definition) is 3. The normalized spacial score (nSPS) is 10.5. The van der Waals surface area contributed by atoms with Gasteiger partial charge >= 0.3 is 5.97 Å². The van der Waals surface area contributed by atoms with E-state index >= 15 is 0 Å². The standard InChI is InChI=1S/C10H11N3O3/c11-9-8(10(14)15)7(12-13-9)4-3-6-2-1-5-16-6/h1-2,5H,3-4H2,(H,14,15)(H3,11,12,13). The van der Waals surface area contributed by atoms with E-state index < -0.39 is 5.97 Å². The minimum Gasteiger partial charge on any atom is -0.477 e. The van der Waals surface area contributed by atoms with Gasteiger partial charge in [0.05, 0.1) is 12.0 Å². The SMILES string of the molecule is Nc1n[nH]c(CCc2ccco2)c1C(=O)O. The molecule has 0 aliphatic heterocycles. The molecule has 6 heteroatoms. The van der Waals surface area contributed by atoms with E-state index in [1.54, 1.807) is 12.3 Å². The van der Waals surface area contributed by atoms with Gasteiger partial charge in [-0.1, -0.05) is 0 Å². The molecule has 2 heterocycles. The lowest BCUT2D eigenvalue weighted by Crippen LogP contribution is -2.04. The number of aromatic nitrogens is 2. The highest BCUT2D eigenvalue weighted by molar-refractivity contribution is 5.93. The third-order valence-corrected chi connectivity index (χ3v) is 2.28. The molecule has 0 radical (unpaired) electrons. The zero-order valence-corrected chi connectivity index (χ0v) is 8.43. The molecule has 0 amide bonds. The highest BCUT2D eigenvalue weighted by Gasteiger charge is 2.17. The molecular weight excluding hydrogens is 210 g/mol. The Morgan fingerprint density at radius 2 is 2.38 bits per heavy atom. The Hall–Kier alpha value is -2.24. The van der Waals surface area contributed by atoms with Gasteiger partial charge in [0.2, 0.25) is 0 Å². The number of aromatic amines is 1. The summed E-state index contributed by atoms with van der Waals surface area (Å²) in [6.07, 6.45) is 2.68. The van der Waals surface area contributed by atoms with Crippen molar-refractivity contribution in [1.29, 1.82) is 0 Å². The Balaban J connectivity index is 2.13. The van der Waals surface area contributed by atoms with Crippen LogP contribution in [-0.4, -0.2) is 21.3 Å². The summed E-state index contributed by atoms with van der Waals surface area (Å²) in [5.74, 6) is -0.257. The summed E-state index contributed by atoms with van der Waals surface area (Å²) >= 11 is 0. The van der Waals surface area contributed by atoms with Gasteiger partial charge in [0.15, 0.2) is 5.82 Å². The van der Waals surface area contributed by atoms with Crippen molar-refractivity contribution >= 4 is 11.8 Å². The number of furan rings is 1. The summed E-state index contributed by atoms with van der Waals surface area (Å²) in [4.78, 5) is 10.9. The zero-order chi connectivity index (χ0) is 11.5. The van der Waals surface area contributed by atoms with Gasteiger partial charge in [-0.2, -0.15) is 5.10 Å². The lowest BCUT2D eigenvalue weighted by molar-refractivity contribution is 0.0697. The lowest BCUT2D eigenvalue weighted by atomic mass is 10.1. The van der Waals surface area contributed by atoms with Gasteiger partial charge in [-0.05, 0) is 18.6 Å². The number of carboxylic acid groups (broad SMARTS) is 1. The molecule has 16 heavy (non-hydrogen) atoms. The number of H-pyrrole nitrogens is 1. The number of nitrogens with zero attached hydrogens (tertiary/aromatic N) is 1. The lowest BCUT2D eigenvalue weighted by Gasteiger charge is -1.98. The second-order valence-electron chi connectivity index (χ2n) is 3.35. The number of nitrogens with one attached hydrogen (secondary N) is 1. The van der Waals surface area contributed by atoms with Crippen LogP contribution in [0.4, 0.5) is 5.82 Å². The maximum Gasteiger partial charge on any atom is 0.341 e. The number of rotatable bonds is 4. The van der Waals surface area contributed by atoms with E-state index in [1.807, 2.05) is 6.07 Å². The van der Waals surface area contributed by atoms with Crippen molar-refractivity contribution in [2.75, 3.05) is 5.73 Å². The van der Waals surface area contributed by atoms with Crippen molar-refractivity contribution in [3.8, 4) is 0 Å². The van der Waals surface area contributed by atoms with Crippen LogP contribution in [0.2, 0.25) is 0 Å². The molecule has 0 saturated heterocycles. The van der Waals surface area contributed by atoms with E-state index in [9.17, 15) is 4.79 Å². The largest absolute Gasteiger partial charge is 0.477 e. The Morgan fingerprint density at radius 1 is 1.56 bits per heavy atom. The number of aryl methyl sites for hydroxylation is 2. The maximum absolute atomic E-state index is 10.9. The highest BCUT2D eigenvalue weighted by atomic mass is 16.4. The van der Waals surface area contributed by atoms with Gasteiger partial charge in [-0.25, -0.2) is 4.79 Å². The molecule has 84 valence electrons. The van der Waals surface area contributed by atoms with Crippen LogP contribution in [0.1, 0.15) is 21.8 Å². The summed E-state index contributed by atoms with van der Waals surface area (Å²) in [5, 5.41) is 15.2. The van der Waals surface area contributed by atoms with Gasteiger partial charge in [-0.15, -0.1) is 0 Å². The Morgan fingerprint density at radius 3 is 3.00 bits per heavy atom. The molecule has 2 rings (SSSR count). The number of hydrogen-bond acceptors (Lipinski definition) is 4. The number of carbonyl (C=O) groups is 1. The fourth-order valence-electron chi connectivity index (χ4n) is 1.52. The number of nitrogens with two attached hydrogens (primary N) is 1. The molecule has 6 nitrogen and oxygen atoms in total. The smallest absolute Gasteiger partial charge is 0.341 e. The van der Waals surface area contributed by atoms with E-state index in [1.165, 1.54) is 0 Å². The number of carboxylic acids is 1. The first-order chi connectivity index (χ1) is 7.68. The number of aromatic carboxylic acids is 1. The van der Waals surface area contributed by atoms with Gasteiger partial charge in [0.25, 0.3) is 0 Å². The third-order valence-electron chi connectivity index (χ3n) is 2.28. The van der Waals surface area contributed by atoms with E-state index in [-0.39, 0.29) is 11.4 Å². The summed E-state index contributed by atoms with van der Waals surface area (Å²) in [6.45, 7) is 0. The van der Waals surface area contributed by atoms with Crippen molar-refractivity contribution in [2.45, 2.75) is 12.8 Å². The van der Waals surface area contributed by atoms with E-state index in [0.717, 1.165) is 5.76 Å². The van der Waals surface area contributed by atoms with Crippen molar-refractivity contribution in [3.05, 3.63) is 35.4 Å². The van der Waals surface area contributed by atoms with Crippen LogP contribution in [0.25, 0.3) is 0 Å². The van der Waals surface area contributed by atoms with Crippen molar-refractivity contribution in [2.24, 2.45) is 0 Å². The summed E-state index contributed by atoms with van der Waals surface area (Å²) in [6, 6.07) is 3.62. The minimum atomic E-state index is -1.07. The van der Waals surface area contributed by atoms with Gasteiger partial charge < -0.3 is 15.3 Å². The van der Waals surface area contributed by atoms with Crippen LogP contribution in [0.3, 0.4) is 0 Å². The molecule has 0 fully saturated rings. The fraction of sp³-hybridized carbons (Fsp3) is 0.200. The molecule has 0 aliphatic rings. The van der Waals surface area contributed by atoms with Crippen LogP contribution in [0.5, 0.6) is 0 Å². The average Bonchev–Trinajstić information content (AvgIpc) is 2.83. The van der Waals surface area contributed by atoms with Gasteiger partial charge in [0, 0.05) is 6.42 Å². The molecule has 0 spiro atoms. The third kappa shape index (κ3) is 1.90. The first kappa shape index (κ1) is 10.3. The summed E-state index contributed by atoms with van der Waals surface area (Å²) in [5.41, 5.74) is 6.01. The van der Waals surface area contributed by atoms with Crippen LogP contribution in [0.15, 0.2) is 22.8 Å². The molecule has 2 aromatic rings. The predicted molar refractivity (Wildman–Crippen MR) is 56.1 cm³/mol. The number of nitrogen functional groups attached to an aromatic ring is 1. The first-order valence-corrected chi connectivity index (χ1v) is 4.77. The fourth-order valence-corrected chi connectivity index (χ4v) is 1.52. The van der Waals surface area contributed by atoms with Gasteiger partial charge in [0.1, 0.15) is 11.3 Å². The van der Waals surface area contributed by atoms with E-state index in [2.05, 4.69) is 10.2 Å². The molecule has 2 aromatic heterocycles. The molecule has 0 unspecified atom stereocenters. The molecular formula is C10H11N3O3. The van der Waals surface area contributed by atoms with Crippen LogP contribution >= 0.6 is 0 Å². The first-order valence-electron chi connectivity index (χ1n) is 4.77. The van der Waals surface area contributed by atoms with Crippen molar-refractivity contribution < 1.29 is 14.3 Å². The molecule has 4 N–H and O–H groups in total. The van der Waals surface area contributed by atoms with Crippen LogP contribution < -0.4 is 5.73 Å². The van der Waals surface area contributed by atoms with Crippen molar-refractivity contribution in [1.82, 2.24) is 10.2 Å². The topological polar surface area (TPSA) is 105 Å². The zero-order valence-electron chi connectivity index (χ0n) is 8.43. The van der Waals surface area contributed by atoms with E-state index in [0.29, 0.717) is 18.5 Å². The predicted octanol–water partition coefficient (Wildman–Crippen LogP) is 1.07.